The van der Waals surface area contributed by atoms with E-state index in [4.69, 9.17) is 4.98 Å². The van der Waals surface area contributed by atoms with E-state index >= 15 is 0 Å². The summed E-state index contributed by atoms with van der Waals surface area (Å²) < 4.78 is 28.4. The van der Waals surface area contributed by atoms with Gasteiger partial charge in [-0.15, -0.1) is 22.7 Å². The summed E-state index contributed by atoms with van der Waals surface area (Å²) in [5, 5.41) is 0.692. The quantitative estimate of drug-likeness (QED) is 0.401. The van der Waals surface area contributed by atoms with Crippen molar-refractivity contribution >= 4 is 52.9 Å². The van der Waals surface area contributed by atoms with Crippen molar-refractivity contribution in [3.63, 3.8) is 0 Å². The molecule has 0 aliphatic rings. The van der Waals surface area contributed by atoms with Crippen LogP contribution >= 0.6 is 22.7 Å². The van der Waals surface area contributed by atoms with Crippen LogP contribution in [0.4, 0.5) is 0 Å². The Morgan fingerprint density at radius 3 is 2.41 bits per heavy atom. The standard InChI is InChI=1S/C20H12N2O2S3/c23-27(24,13-6-2-1-3-7-13)19-9-5-4-8-14(19)20-22-16-11-17-15(21-12-25-17)10-18(16)26-20/h1-12H. The molecule has 0 saturated heterocycles. The van der Waals surface area contributed by atoms with Gasteiger partial charge in [-0.3, -0.25) is 0 Å². The molecular formula is C20H12N2O2S3. The van der Waals surface area contributed by atoms with Gasteiger partial charge in [-0.2, -0.15) is 0 Å². The molecule has 2 heterocycles. The molecule has 5 aromatic rings. The molecule has 132 valence electrons. The smallest absolute Gasteiger partial charge is 0.207 e. The van der Waals surface area contributed by atoms with Crippen LogP contribution in [0.25, 0.3) is 31.0 Å². The lowest BCUT2D eigenvalue weighted by atomic mass is 10.2. The number of hydrogen-bond donors (Lipinski definition) is 0. The highest BCUT2D eigenvalue weighted by Crippen LogP contribution is 2.37. The number of aromatic nitrogens is 2. The zero-order chi connectivity index (χ0) is 18.4. The number of thiazole rings is 2. The predicted molar refractivity (Wildman–Crippen MR) is 110 cm³/mol. The molecule has 0 unspecified atom stereocenters. The number of nitrogens with zero attached hydrogens (tertiary/aromatic N) is 2. The van der Waals surface area contributed by atoms with E-state index in [1.807, 2.05) is 29.8 Å². The lowest BCUT2D eigenvalue weighted by molar-refractivity contribution is 0.596. The van der Waals surface area contributed by atoms with Crippen molar-refractivity contribution in [3.8, 4) is 10.6 Å². The lowest BCUT2D eigenvalue weighted by Gasteiger charge is -2.08. The van der Waals surface area contributed by atoms with E-state index in [1.165, 1.54) is 11.3 Å². The van der Waals surface area contributed by atoms with Gasteiger partial charge in [-0.05, 0) is 30.3 Å². The van der Waals surface area contributed by atoms with E-state index < -0.39 is 9.84 Å². The lowest BCUT2D eigenvalue weighted by Crippen LogP contribution is -2.03. The normalized spacial score (nSPS) is 12.0. The summed E-state index contributed by atoms with van der Waals surface area (Å²) in [6.45, 7) is 0. The maximum absolute atomic E-state index is 13.2. The number of rotatable bonds is 3. The predicted octanol–water partition coefficient (Wildman–Crippen LogP) is 5.41. The SMILES string of the molecule is O=S(=O)(c1ccccc1)c1ccccc1-c1nc2cc3scnc3cc2s1. The van der Waals surface area contributed by atoms with Gasteiger partial charge in [0.25, 0.3) is 0 Å². The molecule has 0 atom stereocenters. The first kappa shape index (κ1) is 16.6. The zero-order valence-corrected chi connectivity index (χ0v) is 16.3. The monoisotopic (exact) mass is 408 g/mol. The van der Waals surface area contributed by atoms with Gasteiger partial charge in [-0.1, -0.05) is 36.4 Å². The maximum Gasteiger partial charge on any atom is 0.207 e. The third kappa shape index (κ3) is 2.75. The first-order valence-corrected chi connectivity index (χ1v) is 11.3. The third-order valence-corrected chi connectivity index (χ3v) is 7.97. The van der Waals surface area contributed by atoms with Gasteiger partial charge in [0.2, 0.25) is 9.84 Å². The fraction of sp³-hybridized carbons (Fsp3) is 0. The minimum Gasteiger partial charge on any atom is -0.245 e. The Balaban J connectivity index is 1.71. The van der Waals surface area contributed by atoms with Crippen LogP contribution in [0.15, 0.2) is 82.0 Å². The van der Waals surface area contributed by atoms with Crippen LogP contribution in [0.1, 0.15) is 0 Å². The van der Waals surface area contributed by atoms with E-state index in [1.54, 1.807) is 53.8 Å². The van der Waals surface area contributed by atoms with Crippen LogP contribution in [-0.2, 0) is 9.84 Å². The van der Waals surface area contributed by atoms with Gasteiger partial charge >= 0.3 is 0 Å². The molecule has 0 N–H and O–H groups in total. The molecule has 3 aromatic carbocycles. The highest BCUT2D eigenvalue weighted by atomic mass is 32.2. The van der Waals surface area contributed by atoms with Gasteiger partial charge in [0.1, 0.15) is 5.01 Å². The summed E-state index contributed by atoms with van der Waals surface area (Å²) in [5.74, 6) is 0. The molecule has 0 saturated carbocycles. The number of sulfone groups is 1. The Labute approximate surface area is 163 Å². The minimum absolute atomic E-state index is 0.273. The van der Waals surface area contributed by atoms with Gasteiger partial charge in [0.05, 0.1) is 35.7 Å². The minimum atomic E-state index is -3.63. The van der Waals surface area contributed by atoms with Gasteiger partial charge in [0, 0.05) is 5.56 Å². The summed E-state index contributed by atoms with van der Waals surface area (Å²) in [6.07, 6.45) is 0. The highest BCUT2D eigenvalue weighted by molar-refractivity contribution is 7.91. The van der Waals surface area contributed by atoms with E-state index in [-0.39, 0.29) is 9.79 Å². The summed E-state index contributed by atoms with van der Waals surface area (Å²) in [5.41, 5.74) is 4.24. The largest absolute Gasteiger partial charge is 0.245 e. The topological polar surface area (TPSA) is 59.9 Å². The Hall–Kier alpha value is -2.61. The number of fused-ring (bicyclic) bond motifs is 2. The van der Waals surface area contributed by atoms with Gasteiger partial charge in [0.15, 0.2) is 0 Å². The van der Waals surface area contributed by atoms with Crippen molar-refractivity contribution in [2.45, 2.75) is 9.79 Å². The summed E-state index contributed by atoms with van der Waals surface area (Å²) in [6, 6.07) is 19.6. The fourth-order valence-electron chi connectivity index (χ4n) is 3.00. The van der Waals surface area contributed by atoms with Crippen LogP contribution in [-0.4, -0.2) is 18.4 Å². The van der Waals surface area contributed by atoms with Crippen molar-refractivity contribution in [2.24, 2.45) is 0 Å². The van der Waals surface area contributed by atoms with Crippen molar-refractivity contribution in [1.82, 2.24) is 9.97 Å². The fourth-order valence-corrected chi connectivity index (χ4v) is 6.26. The average Bonchev–Trinajstić information content (AvgIpc) is 3.32. The molecule has 0 aliphatic heterocycles. The second-order valence-electron chi connectivity index (χ2n) is 5.97. The Kier molecular flexibility index (Phi) is 3.82. The summed E-state index contributed by atoms with van der Waals surface area (Å²) in [4.78, 5) is 9.62. The second-order valence-corrected chi connectivity index (χ2v) is 9.81. The van der Waals surface area contributed by atoms with Crippen LogP contribution in [0.3, 0.4) is 0 Å². The van der Waals surface area contributed by atoms with Crippen molar-refractivity contribution in [3.05, 3.63) is 72.2 Å². The molecule has 4 nitrogen and oxygen atoms in total. The number of hydrogen-bond acceptors (Lipinski definition) is 6. The molecule has 2 aromatic heterocycles. The molecule has 0 amide bonds. The van der Waals surface area contributed by atoms with Crippen LogP contribution in [0.5, 0.6) is 0 Å². The van der Waals surface area contributed by atoms with Crippen LogP contribution in [0, 0.1) is 0 Å². The molecule has 0 fully saturated rings. The van der Waals surface area contributed by atoms with E-state index in [9.17, 15) is 8.42 Å². The first-order valence-electron chi connectivity index (χ1n) is 8.16. The number of benzene rings is 3. The van der Waals surface area contributed by atoms with E-state index in [0.717, 1.165) is 20.4 Å². The first-order chi connectivity index (χ1) is 13.1. The summed E-state index contributed by atoms with van der Waals surface area (Å²) in [7, 11) is -3.63. The van der Waals surface area contributed by atoms with Crippen molar-refractivity contribution in [2.75, 3.05) is 0 Å². The molecule has 0 aliphatic carbocycles. The van der Waals surface area contributed by atoms with E-state index in [0.29, 0.717) is 10.6 Å². The van der Waals surface area contributed by atoms with Gasteiger partial charge in [-0.25, -0.2) is 18.4 Å². The maximum atomic E-state index is 13.2. The van der Waals surface area contributed by atoms with Crippen LogP contribution in [0.2, 0.25) is 0 Å². The zero-order valence-electron chi connectivity index (χ0n) is 13.9. The molecule has 0 radical (unpaired) electrons. The third-order valence-electron chi connectivity index (χ3n) is 4.30. The molecule has 27 heavy (non-hydrogen) atoms. The molecular weight excluding hydrogens is 396 g/mol. The molecule has 7 heteroatoms. The molecule has 0 spiro atoms. The molecule has 5 rings (SSSR count). The van der Waals surface area contributed by atoms with Gasteiger partial charge < -0.3 is 0 Å². The Morgan fingerprint density at radius 1 is 0.815 bits per heavy atom. The Bertz CT molecular complexity index is 1340. The second kappa shape index (κ2) is 6.23. The average molecular weight is 409 g/mol. The van der Waals surface area contributed by atoms with Crippen molar-refractivity contribution < 1.29 is 8.42 Å². The molecule has 0 bridgehead atoms. The van der Waals surface area contributed by atoms with Crippen LogP contribution < -0.4 is 0 Å². The van der Waals surface area contributed by atoms with E-state index in [2.05, 4.69) is 4.98 Å². The Morgan fingerprint density at radius 2 is 1.56 bits per heavy atom. The van der Waals surface area contributed by atoms with Crippen molar-refractivity contribution in [1.29, 1.82) is 0 Å². The summed E-state index contributed by atoms with van der Waals surface area (Å²) >= 11 is 3.05. The highest BCUT2D eigenvalue weighted by Gasteiger charge is 2.23.